The maximum atomic E-state index is 7.36. The molecule has 17 aromatic rings. The minimum absolute atomic E-state index is 0.772. The van der Waals surface area contributed by atoms with Crippen LogP contribution in [0.25, 0.3) is 120 Å². The van der Waals surface area contributed by atoms with Crippen molar-refractivity contribution in [3.63, 3.8) is 0 Å². The summed E-state index contributed by atoms with van der Waals surface area (Å²) < 4.78 is 19.2. The third-order valence-electron chi connectivity index (χ3n) is 16.4. The van der Waals surface area contributed by atoms with Gasteiger partial charge in [-0.3, -0.25) is 0 Å². The van der Waals surface area contributed by atoms with Crippen molar-refractivity contribution in [3.8, 4) is 11.4 Å². The van der Waals surface area contributed by atoms with Gasteiger partial charge in [-0.05, 0) is 120 Å². The first-order valence-electron chi connectivity index (χ1n) is 27.2. The Kier molecular flexibility index (Phi) is 9.61. The number of benzene rings is 13. The predicted octanol–water partition coefficient (Wildman–Crippen LogP) is 20.9. The van der Waals surface area contributed by atoms with Crippen molar-refractivity contribution in [2.45, 2.75) is 0 Å². The van der Waals surface area contributed by atoms with Crippen LogP contribution in [0.15, 0.2) is 288 Å². The van der Waals surface area contributed by atoms with Crippen LogP contribution in [-0.2, 0) is 0 Å². The second kappa shape index (κ2) is 17.3. The SMILES string of the molecule is c1ccc(N(c2ccc3c(c2)c2ccccc2n3-c2ccccc2)c2cc3oc4c(ccc5oc6cc(N(c7ccccc7)c7ccc8c(c7)c7ccccc7n8-c7ccccc7)c7ccccc7c6c54)c3c3ccccc23)cc1. The Morgan fingerprint density at radius 3 is 1.14 bits per heavy atom. The lowest BCUT2D eigenvalue weighted by molar-refractivity contribution is 0.663. The summed E-state index contributed by atoms with van der Waals surface area (Å²) in [5.41, 5.74) is 16.3. The van der Waals surface area contributed by atoms with E-state index in [0.717, 1.165) is 122 Å². The molecule has 0 aliphatic rings. The molecule has 0 saturated heterocycles. The quantitative estimate of drug-likeness (QED) is 0.152. The second-order valence-electron chi connectivity index (χ2n) is 20.8. The van der Waals surface area contributed by atoms with Gasteiger partial charge in [-0.1, -0.05) is 158 Å². The van der Waals surface area contributed by atoms with Gasteiger partial charge in [0.15, 0.2) is 0 Å². The maximum absolute atomic E-state index is 7.36. The van der Waals surface area contributed by atoms with Crippen LogP contribution in [0.3, 0.4) is 0 Å². The molecule has 0 saturated carbocycles. The fourth-order valence-electron chi connectivity index (χ4n) is 13.1. The lowest BCUT2D eigenvalue weighted by Crippen LogP contribution is -2.10. The van der Waals surface area contributed by atoms with Gasteiger partial charge in [-0.25, -0.2) is 0 Å². The molecule has 0 aliphatic heterocycles. The first-order chi connectivity index (χ1) is 39.7. The molecular formula is C74H46N4O2. The van der Waals surface area contributed by atoms with Crippen molar-refractivity contribution in [1.82, 2.24) is 9.13 Å². The molecule has 6 nitrogen and oxygen atoms in total. The third-order valence-corrected chi connectivity index (χ3v) is 16.4. The van der Waals surface area contributed by atoms with Gasteiger partial charge in [-0.15, -0.1) is 0 Å². The highest BCUT2D eigenvalue weighted by atomic mass is 16.3. The maximum Gasteiger partial charge on any atom is 0.147 e. The van der Waals surface area contributed by atoms with Crippen LogP contribution in [0.1, 0.15) is 0 Å². The van der Waals surface area contributed by atoms with Crippen LogP contribution in [0.2, 0.25) is 0 Å². The van der Waals surface area contributed by atoms with E-state index in [1.807, 2.05) is 0 Å². The van der Waals surface area contributed by atoms with Crippen molar-refractivity contribution in [2.24, 2.45) is 0 Å². The minimum atomic E-state index is 0.772. The van der Waals surface area contributed by atoms with E-state index >= 15 is 0 Å². The smallest absolute Gasteiger partial charge is 0.147 e. The van der Waals surface area contributed by atoms with E-state index in [4.69, 9.17) is 8.83 Å². The summed E-state index contributed by atoms with van der Waals surface area (Å²) in [6, 6.07) is 100. The van der Waals surface area contributed by atoms with Gasteiger partial charge in [0.1, 0.15) is 22.3 Å². The Hall–Kier alpha value is -10.8. The van der Waals surface area contributed by atoms with Gasteiger partial charge in [0, 0.05) is 94.7 Å². The van der Waals surface area contributed by atoms with Crippen LogP contribution in [0.4, 0.5) is 34.1 Å². The van der Waals surface area contributed by atoms with Gasteiger partial charge < -0.3 is 27.8 Å². The van der Waals surface area contributed by atoms with Crippen LogP contribution in [0, 0.1) is 0 Å². The van der Waals surface area contributed by atoms with Crippen LogP contribution < -0.4 is 9.80 Å². The molecule has 0 amide bonds. The molecule has 4 heterocycles. The van der Waals surface area contributed by atoms with Crippen LogP contribution in [0.5, 0.6) is 0 Å². The first-order valence-corrected chi connectivity index (χ1v) is 27.2. The number of hydrogen-bond acceptors (Lipinski definition) is 4. The zero-order chi connectivity index (χ0) is 52.4. The summed E-state index contributed by atoms with van der Waals surface area (Å²) in [5, 5.41) is 13.3. The summed E-state index contributed by atoms with van der Waals surface area (Å²) >= 11 is 0. The molecule has 0 bridgehead atoms. The second-order valence-corrected chi connectivity index (χ2v) is 20.8. The van der Waals surface area contributed by atoms with Crippen molar-refractivity contribution in [3.05, 3.63) is 279 Å². The van der Waals surface area contributed by atoms with E-state index < -0.39 is 0 Å². The first kappa shape index (κ1) is 44.3. The Balaban J connectivity index is 0.877. The van der Waals surface area contributed by atoms with Gasteiger partial charge in [-0.2, -0.15) is 0 Å². The number of fused-ring (bicyclic) bond motifs is 17. The Morgan fingerprint density at radius 1 is 0.237 bits per heavy atom. The van der Waals surface area contributed by atoms with E-state index in [1.54, 1.807) is 0 Å². The molecule has 0 atom stereocenters. The fraction of sp³-hybridized carbons (Fsp3) is 0. The molecular weight excluding hydrogens is 977 g/mol. The molecule has 0 unspecified atom stereocenters. The zero-order valence-corrected chi connectivity index (χ0v) is 43.2. The molecule has 0 N–H and O–H groups in total. The van der Waals surface area contributed by atoms with E-state index in [2.05, 4.69) is 298 Å². The normalized spacial score (nSPS) is 12.0. The number of hydrogen-bond donors (Lipinski definition) is 0. The van der Waals surface area contributed by atoms with Crippen molar-refractivity contribution >= 4 is 143 Å². The fourth-order valence-corrected chi connectivity index (χ4v) is 13.1. The van der Waals surface area contributed by atoms with Crippen molar-refractivity contribution < 1.29 is 8.83 Å². The highest BCUT2D eigenvalue weighted by molar-refractivity contribution is 6.32. The van der Waals surface area contributed by atoms with Crippen molar-refractivity contribution in [1.29, 1.82) is 0 Å². The highest BCUT2D eigenvalue weighted by Gasteiger charge is 2.27. The monoisotopic (exact) mass is 1020 g/mol. The Morgan fingerprint density at radius 2 is 0.637 bits per heavy atom. The molecule has 4 aromatic heterocycles. The predicted molar refractivity (Wildman–Crippen MR) is 334 cm³/mol. The Bertz CT molecular complexity index is 5310. The van der Waals surface area contributed by atoms with Gasteiger partial charge in [0.25, 0.3) is 0 Å². The largest absolute Gasteiger partial charge is 0.456 e. The summed E-state index contributed by atoms with van der Waals surface area (Å²) in [7, 11) is 0. The van der Waals surface area contributed by atoms with E-state index in [1.165, 1.54) is 32.6 Å². The van der Waals surface area contributed by atoms with Crippen LogP contribution >= 0.6 is 0 Å². The van der Waals surface area contributed by atoms with Crippen LogP contribution in [-0.4, -0.2) is 9.13 Å². The lowest BCUT2D eigenvalue weighted by Gasteiger charge is -2.27. The molecule has 13 aromatic carbocycles. The summed E-state index contributed by atoms with van der Waals surface area (Å²) in [4.78, 5) is 4.77. The molecule has 0 radical (unpaired) electrons. The topological polar surface area (TPSA) is 42.6 Å². The third kappa shape index (κ3) is 6.54. The molecule has 80 heavy (non-hydrogen) atoms. The number of furan rings is 2. The molecule has 0 aliphatic carbocycles. The van der Waals surface area contributed by atoms with Gasteiger partial charge in [0.2, 0.25) is 0 Å². The summed E-state index contributed by atoms with van der Waals surface area (Å²) in [5.74, 6) is 0. The van der Waals surface area contributed by atoms with Crippen molar-refractivity contribution in [2.75, 3.05) is 9.80 Å². The average Bonchev–Trinajstić information content (AvgIpc) is 4.41. The van der Waals surface area contributed by atoms with E-state index in [9.17, 15) is 0 Å². The number of nitrogens with zero attached hydrogens (tertiary/aromatic N) is 4. The summed E-state index contributed by atoms with van der Waals surface area (Å²) in [6.45, 7) is 0. The number of anilines is 6. The number of para-hydroxylation sites is 6. The minimum Gasteiger partial charge on any atom is -0.456 e. The van der Waals surface area contributed by atoms with E-state index in [0.29, 0.717) is 0 Å². The standard InChI is InChI=1S/C74H46N4O2/c1-5-21-47(22-6-1)75(51-37-40-64-60(43-51)55-31-17-19-35-62(55)77(64)49-25-9-3-10-26-49)66-45-69-71(57-33-15-13-29-53(57)66)59-39-42-68-73(74(59)80-69)72-58-34-16-14-30-54(58)67(46-70(72)79-68)76(48-23-7-2-8-24-48)52-38-41-65-61(44-52)56-32-18-20-36-63(56)78(65)50-27-11-4-12-28-50/h1-46H. The highest BCUT2D eigenvalue weighted by Crippen LogP contribution is 2.51. The van der Waals surface area contributed by atoms with E-state index in [-0.39, 0.29) is 0 Å². The van der Waals surface area contributed by atoms with Gasteiger partial charge in [0.05, 0.1) is 38.8 Å². The molecule has 374 valence electrons. The molecule has 0 spiro atoms. The lowest BCUT2D eigenvalue weighted by atomic mass is 9.98. The molecule has 0 fully saturated rings. The average molecular weight is 1020 g/mol. The summed E-state index contributed by atoms with van der Waals surface area (Å²) in [6.07, 6.45) is 0. The Labute approximate surface area is 459 Å². The van der Waals surface area contributed by atoms with Gasteiger partial charge >= 0.3 is 0 Å². The molecule has 17 rings (SSSR count). The number of rotatable bonds is 8. The zero-order valence-electron chi connectivity index (χ0n) is 43.2. The molecule has 6 heteroatoms. The number of aromatic nitrogens is 2.